The topological polar surface area (TPSA) is 52.7 Å². The number of nitrogens with zero attached hydrogens (tertiary/aromatic N) is 2. The lowest BCUT2D eigenvalue weighted by Crippen LogP contribution is -2.44. The van der Waals surface area contributed by atoms with Crippen molar-refractivity contribution in [1.82, 2.24) is 15.1 Å². The molecule has 0 unspecified atom stereocenters. The van der Waals surface area contributed by atoms with Gasteiger partial charge in [0.2, 0.25) is 11.8 Å². The Morgan fingerprint density at radius 3 is 2.63 bits per heavy atom. The minimum absolute atomic E-state index is 0.0543. The first-order valence-corrected chi connectivity index (χ1v) is 11.8. The number of hydrogen-bond donors (Lipinski definition) is 1. The third-order valence-corrected chi connectivity index (χ3v) is 7.03. The fraction of sp³-hybridized carbons (Fsp3) is 0.600. The zero-order valence-corrected chi connectivity index (χ0v) is 17.6. The van der Waals surface area contributed by atoms with E-state index in [-0.39, 0.29) is 17.9 Å². The Morgan fingerprint density at radius 1 is 1.15 bits per heavy atom. The van der Waals surface area contributed by atoms with E-state index in [0.29, 0.717) is 11.7 Å². The quantitative estimate of drug-likeness (QED) is 0.759. The van der Waals surface area contributed by atoms with Crippen LogP contribution in [0.25, 0.3) is 0 Å². The van der Waals surface area contributed by atoms with Gasteiger partial charge >= 0.3 is 0 Å². The molecule has 2 atom stereocenters. The summed E-state index contributed by atoms with van der Waals surface area (Å²) < 4.78 is 0. The highest BCUT2D eigenvalue weighted by Crippen LogP contribution is 2.21. The largest absolute Gasteiger partial charge is 0.351 e. The van der Waals surface area contributed by atoms with Crippen LogP contribution in [0.5, 0.6) is 0 Å². The summed E-state index contributed by atoms with van der Waals surface area (Å²) in [5, 5.41) is 3.17. The summed E-state index contributed by atoms with van der Waals surface area (Å²) >= 11 is 3.48. The molecule has 2 heterocycles. The van der Waals surface area contributed by atoms with E-state index in [1.807, 2.05) is 47.0 Å². The maximum Gasteiger partial charge on any atom is 0.230 e. The van der Waals surface area contributed by atoms with E-state index in [1.165, 1.54) is 0 Å². The number of nitrogens with one attached hydrogen (secondary N) is 1. The van der Waals surface area contributed by atoms with E-state index >= 15 is 0 Å². The average molecular weight is 408 g/mol. The van der Waals surface area contributed by atoms with Crippen LogP contribution in [0.3, 0.4) is 0 Å². The maximum absolute atomic E-state index is 12.8. The molecule has 1 aromatic rings. The van der Waals surface area contributed by atoms with Gasteiger partial charge in [-0.25, -0.2) is 0 Å². The summed E-state index contributed by atoms with van der Waals surface area (Å²) in [6, 6.07) is 10.1. The molecule has 2 amide bonds. The van der Waals surface area contributed by atoms with E-state index < -0.39 is 0 Å². The fourth-order valence-corrected chi connectivity index (χ4v) is 5.34. The van der Waals surface area contributed by atoms with Gasteiger partial charge in [0.25, 0.3) is 0 Å². The van der Waals surface area contributed by atoms with Gasteiger partial charge in [0.15, 0.2) is 0 Å². The van der Waals surface area contributed by atoms with Crippen molar-refractivity contribution in [3.8, 4) is 0 Å². The molecule has 0 spiro atoms. The van der Waals surface area contributed by atoms with Gasteiger partial charge in [-0.1, -0.05) is 18.2 Å². The third kappa shape index (κ3) is 6.43. The minimum Gasteiger partial charge on any atom is -0.351 e. The van der Waals surface area contributed by atoms with Crippen LogP contribution in [0, 0.1) is 5.92 Å². The number of rotatable bonds is 5. The van der Waals surface area contributed by atoms with Crippen LogP contribution in [0.1, 0.15) is 12.8 Å². The molecule has 5 nitrogen and oxygen atoms in total. The molecular formula is C20H29N3O2S2. The summed E-state index contributed by atoms with van der Waals surface area (Å²) in [5.41, 5.74) is 0. The molecule has 0 aliphatic carbocycles. The molecule has 0 saturated carbocycles. The molecule has 7 heteroatoms. The second-order valence-electron chi connectivity index (χ2n) is 7.30. The molecule has 2 fully saturated rings. The molecular weight excluding hydrogens is 378 g/mol. The van der Waals surface area contributed by atoms with Crippen LogP contribution in [0.15, 0.2) is 35.2 Å². The van der Waals surface area contributed by atoms with Crippen LogP contribution >= 0.6 is 23.5 Å². The first-order chi connectivity index (χ1) is 13.1. The van der Waals surface area contributed by atoms with Gasteiger partial charge in [0.1, 0.15) is 0 Å². The van der Waals surface area contributed by atoms with Crippen molar-refractivity contribution in [2.45, 2.75) is 23.8 Å². The highest BCUT2D eigenvalue weighted by Gasteiger charge is 2.30. The number of carbonyl (C=O) groups excluding carboxylic acids is 2. The Kier molecular flexibility index (Phi) is 7.91. The average Bonchev–Trinajstić information content (AvgIpc) is 2.88. The molecule has 2 aliphatic rings. The normalized spacial score (nSPS) is 24.3. The summed E-state index contributed by atoms with van der Waals surface area (Å²) in [4.78, 5) is 30.5. The number of hydrogen-bond acceptors (Lipinski definition) is 5. The molecule has 0 aromatic heterocycles. The summed E-state index contributed by atoms with van der Waals surface area (Å²) in [6.45, 7) is 3.34. The van der Waals surface area contributed by atoms with Crippen LogP contribution in [0.4, 0.5) is 0 Å². The van der Waals surface area contributed by atoms with Gasteiger partial charge in [-0.2, -0.15) is 11.8 Å². The number of likely N-dealkylation sites (tertiary alicyclic amines) is 1. The monoisotopic (exact) mass is 407 g/mol. The van der Waals surface area contributed by atoms with Crippen LogP contribution < -0.4 is 5.32 Å². The van der Waals surface area contributed by atoms with Crippen LogP contribution in [0.2, 0.25) is 0 Å². The first-order valence-electron chi connectivity index (χ1n) is 9.64. The van der Waals surface area contributed by atoms with Crippen LogP contribution in [-0.4, -0.2) is 78.1 Å². The predicted molar refractivity (Wildman–Crippen MR) is 113 cm³/mol. The molecule has 0 bridgehead atoms. The standard InChI is InChI=1S/C20H29N3O2S2/c1-22-13-16(20(25)23-9-11-26-12-10-23)7-8-17(14-22)21-19(24)15-27-18-5-3-2-4-6-18/h2-6,16-17H,7-15H2,1H3,(H,21,24)/t16-,17+/m1/s1. The molecule has 2 aliphatic heterocycles. The van der Waals surface area contributed by atoms with E-state index in [1.54, 1.807) is 11.8 Å². The second-order valence-corrected chi connectivity index (χ2v) is 9.57. The van der Waals surface area contributed by atoms with Crippen molar-refractivity contribution in [1.29, 1.82) is 0 Å². The number of likely N-dealkylation sites (N-methyl/N-ethyl adjacent to an activating group) is 1. The van der Waals surface area contributed by atoms with E-state index in [2.05, 4.69) is 17.3 Å². The second kappa shape index (κ2) is 10.4. The number of thioether (sulfide) groups is 2. The van der Waals surface area contributed by atoms with Gasteiger partial charge in [-0.15, -0.1) is 11.8 Å². The first kappa shape index (κ1) is 20.6. The molecule has 1 N–H and O–H groups in total. The van der Waals surface area contributed by atoms with E-state index in [4.69, 9.17) is 0 Å². The van der Waals surface area contributed by atoms with Crippen molar-refractivity contribution >= 4 is 35.3 Å². The lowest BCUT2D eigenvalue weighted by molar-refractivity contribution is -0.135. The summed E-state index contributed by atoms with van der Waals surface area (Å²) in [6.07, 6.45) is 1.72. The fourth-order valence-electron chi connectivity index (χ4n) is 3.71. The van der Waals surface area contributed by atoms with Crippen molar-refractivity contribution < 1.29 is 9.59 Å². The van der Waals surface area contributed by atoms with Gasteiger partial charge in [0, 0.05) is 48.6 Å². The third-order valence-electron chi connectivity index (χ3n) is 5.08. The Bertz CT molecular complexity index is 623. The Hall–Kier alpha value is -1.18. The number of amides is 2. The molecule has 3 rings (SSSR count). The van der Waals surface area contributed by atoms with Crippen molar-refractivity contribution in [3.05, 3.63) is 30.3 Å². The van der Waals surface area contributed by atoms with Gasteiger partial charge in [-0.05, 0) is 32.0 Å². The van der Waals surface area contributed by atoms with Gasteiger partial charge in [-0.3, -0.25) is 9.59 Å². The molecule has 0 radical (unpaired) electrons. The van der Waals surface area contributed by atoms with E-state index in [9.17, 15) is 9.59 Å². The maximum atomic E-state index is 12.8. The highest BCUT2D eigenvalue weighted by molar-refractivity contribution is 8.00. The van der Waals surface area contributed by atoms with Gasteiger partial charge < -0.3 is 15.1 Å². The summed E-state index contributed by atoms with van der Waals surface area (Å²) in [5.74, 6) is 2.95. The SMILES string of the molecule is CN1C[C@@H](NC(=O)CSc2ccccc2)CC[C@@H](C(=O)N2CCSCC2)C1. The highest BCUT2D eigenvalue weighted by atomic mass is 32.2. The molecule has 1 aromatic carbocycles. The summed E-state index contributed by atoms with van der Waals surface area (Å²) in [7, 11) is 2.05. The molecule has 2 saturated heterocycles. The van der Waals surface area contributed by atoms with Gasteiger partial charge in [0.05, 0.1) is 11.7 Å². The Labute approximate surface area is 170 Å². The van der Waals surface area contributed by atoms with Crippen molar-refractivity contribution in [2.75, 3.05) is 50.5 Å². The zero-order valence-electron chi connectivity index (χ0n) is 15.9. The smallest absolute Gasteiger partial charge is 0.230 e. The van der Waals surface area contributed by atoms with Crippen molar-refractivity contribution in [2.24, 2.45) is 5.92 Å². The Morgan fingerprint density at radius 2 is 1.89 bits per heavy atom. The molecule has 27 heavy (non-hydrogen) atoms. The molecule has 148 valence electrons. The predicted octanol–water partition coefficient (Wildman–Crippen LogP) is 2.18. The lowest BCUT2D eigenvalue weighted by atomic mass is 10.00. The Balaban J connectivity index is 1.47. The van der Waals surface area contributed by atoms with E-state index in [0.717, 1.165) is 55.4 Å². The number of benzene rings is 1. The minimum atomic E-state index is 0.0543. The lowest BCUT2D eigenvalue weighted by Gasteiger charge is -2.30. The van der Waals surface area contributed by atoms with Crippen molar-refractivity contribution in [3.63, 3.8) is 0 Å². The number of carbonyl (C=O) groups is 2. The van der Waals surface area contributed by atoms with Crippen LogP contribution in [-0.2, 0) is 9.59 Å². The zero-order chi connectivity index (χ0) is 19.1.